The quantitative estimate of drug-likeness (QED) is 0.662. The molecule has 0 fully saturated rings. The van der Waals surface area contributed by atoms with Crippen LogP contribution < -0.4 is 10.0 Å². The number of nitrogens with two attached hydrogens (primary N) is 1. The van der Waals surface area contributed by atoms with E-state index in [1.165, 1.54) is 24.3 Å². The molecule has 7 nitrogen and oxygen atoms in total. The van der Waals surface area contributed by atoms with Crippen LogP contribution in [0.1, 0.15) is 5.56 Å². The molecular weight excluding hydrogens is 325 g/mol. The predicted molar refractivity (Wildman–Crippen MR) is 83.0 cm³/mol. The van der Waals surface area contributed by atoms with E-state index in [-0.39, 0.29) is 28.6 Å². The van der Waals surface area contributed by atoms with Gasteiger partial charge in [0.25, 0.3) is 5.69 Å². The molecule has 2 aromatic rings. The fraction of sp³-hybridized carbons (Fsp3) is 0.143. The Morgan fingerprint density at radius 1 is 1.22 bits per heavy atom. The Bertz CT molecular complexity index is 838. The predicted octanol–water partition coefficient (Wildman–Crippen LogP) is 2.02. The van der Waals surface area contributed by atoms with Crippen molar-refractivity contribution < 1.29 is 17.7 Å². The molecule has 0 saturated heterocycles. The molecule has 0 aromatic heterocycles. The van der Waals surface area contributed by atoms with E-state index in [4.69, 9.17) is 5.14 Å². The summed E-state index contributed by atoms with van der Waals surface area (Å²) in [6.07, 6.45) is 0. The van der Waals surface area contributed by atoms with E-state index in [9.17, 15) is 22.9 Å². The fourth-order valence-electron chi connectivity index (χ4n) is 2.11. The summed E-state index contributed by atoms with van der Waals surface area (Å²) in [6, 6.07) is 9.15. The normalized spacial score (nSPS) is 11.3. The summed E-state index contributed by atoms with van der Waals surface area (Å²) in [5.41, 5.74) is 0.600. The molecule has 0 saturated carbocycles. The number of benzene rings is 2. The van der Waals surface area contributed by atoms with Gasteiger partial charge in [0.15, 0.2) is 0 Å². The number of hydrogen-bond acceptors (Lipinski definition) is 5. The average Bonchev–Trinajstić information content (AvgIpc) is 2.48. The Morgan fingerprint density at radius 3 is 2.35 bits per heavy atom. The molecule has 2 aromatic carbocycles. The summed E-state index contributed by atoms with van der Waals surface area (Å²) in [7, 11) is -2.53. The number of halogens is 1. The third-order valence-corrected chi connectivity index (χ3v) is 4.15. The molecule has 0 spiro atoms. The van der Waals surface area contributed by atoms with E-state index in [0.717, 1.165) is 11.6 Å². The standard InChI is InChI=1S/C14H14FN3O4S/c1-17(9-10-2-4-11(15)5-3-10)13-7-6-12(18(19)20)8-14(13)23(16,21)22/h2-8H,9H2,1H3,(H2,16,21,22). The zero-order chi connectivity index (χ0) is 17.2. The Kier molecular flexibility index (Phi) is 4.62. The highest BCUT2D eigenvalue weighted by Gasteiger charge is 2.21. The fourth-order valence-corrected chi connectivity index (χ4v) is 2.91. The lowest BCUT2D eigenvalue weighted by molar-refractivity contribution is -0.385. The largest absolute Gasteiger partial charge is 0.369 e. The summed E-state index contributed by atoms with van der Waals surface area (Å²) in [6.45, 7) is 0.278. The maximum atomic E-state index is 12.9. The van der Waals surface area contributed by atoms with Gasteiger partial charge in [0.05, 0.1) is 10.6 Å². The van der Waals surface area contributed by atoms with Crippen molar-refractivity contribution in [1.29, 1.82) is 0 Å². The van der Waals surface area contributed by atoms with E-state index >= 15 is 0 Å². The molecule has 9 heteroatoms. The number of hydrogen-bond donors (Lipinski definition) is 1. The number of rotatable bonds is 5. The van der Waals surface area contributed by atoms with Gasteiger partial charge in [-0.1, -0.05) is 12.1 Å². The van der Waals surface area contributed by atoms with E-state index in [1.54, 1.807) is 24.1 Å². The maximum Gasteiger partial charge on any atom is 0.270 e. The minimum absolute atomic E-state index is 0.224. The number of non-ortho nitro benzene ring substituents is 1. The van der Waals surface area contributed by atoms with Gasteiger partial charge in [-0.3, -0.25) is 10.1 Å². The first kappa shape index (κ1) is 16.8. The molecule has 0 heterocycles. The van der Waals surface area contributed by atoms with Crippen LogP contribution in [-0.4, -0.2) is 20.4 Å². The van der Waals surface area contributed by atoms with Crippen LogP contribution in [-0.2, 0) is 16.6 Å². The van der Waals surface area contributed by atoms with Gasteiger partial charge >= 0.3 is 0 Å². The Balaban J connectivity index is 2.41. The zero-order valence-corrected chi connectivity index (χ0v) is 13.0. The molecule has 0 amide bonds. The van der Waals surface area contributed by atoms with Crippen molar-refractivity contribution in [3.8, 4) is 0 Å². The van der Waals surface area contributed by atoms with Crippen LogP contribution in [0.25, 0.3) is 0 Å². The Morgan fingerprint density at radius 2 is 1.83 bits per heavy atom. The summed E-state index contributed by atoms with van der Waals surface area (Å²) in [4.78, 5) is 11.3. The van der Waals surface area contributed by atoms with Gasteiger partial charge in [0.2, 0.25) is 10.0 Å². The molecular formula is C14H14FN3O4S. The number of nitro benzene ring substituents is 1. The van der Waals surface area contributed by atoms with E-state index in [1.807, 2.05) is 0 Å². The molecule has 23 heavy (non-hydrogen) atoms. The molecule has 0 aliphatic rings. The van der Waals surface area contributed by atoms with E-state index in [2.05, 4.69) is 0 Å². The SMILES string of the molecule is CN(Cc1ccc(F)cc1)c1ccc([N+](=O)[O-])cc1S(N)(=O)=O. The Hall–Kier alpha value is -2.52. The van der Waals surface area contributed by atoms with Gasteiger partial charge in [0.1, 0.15) is 10.7 Å². The van der Waals surface area contributed by atoms with Crippen molar-refractivity contribution >= 4 is 21.4 Å². The molecule has 0 unspecified atom stereocenters. The topological polar surface area (TPSA) is 107 Å². The second-order valence-electron chi connectivity index (χ2n) is 4.94. The number of primary sulfonamides is 1. The highest BCUT2D eigenvalue weighted by Crippen LogP contribution is 2.28. The highest BCUT2D eigenvalue weighted by molar-refractivity contribution is 7.89. The van der Waals surface area contributed by atoms with Crippen LogP contribution in [0.15, 0.2) is 47.4 Å². The molecule has 0 bridgehead atoms. The van der Waals surface area contributed by atoms with Crippen molar-refractivity contribution in [3.05, 3.63) is 64.0 Å². The van der Waals surface area contributed by atoms with Crippen molar-refractivity contribution in [2.75, 3.05) is 11.9 Å². The van der Waals surface area contributed by atoms with E-state index < -0.39 is 14.9 Å². The zero-order valence-electron chi connectivity index (χ0n) is 12.1. The maximum absolute atomic E-state index is 12.9. The third-order valence-electron chi connectivity index (χ3n) is 3.20. The average molecular weight is 339 g/mol. The summed E-state index contributed by atoms with van der Waals surface area (Å²) in [5, 5.41) is 16.0. The number of nitrogens with zero attached hydrogens (tertiary/aromatic N) is 2. The van der Waals surface area contributed by atoms with Crippen LogP contribution >= 0.6 is 0 Å². The lowest BCUT2D eigenvalue weighted by Gasteiger charge is -2.21. The van der Waals surface area contributed by atoms with Crippen molar-refractivity contribution in [2.24, 2.45) is 5.14 Å². The van der Waals surface area contributed by atoms with Gasteiger partial charge < -0.3 is 4.90 Å². The number of sulfonamides is 1. The molecule has 0 atom stereocenters. The molecule has 0 aliphatic carbocycles. The van der Waals surface area contributed by atoms with Crippen LogP contribution in [0.2, 0.25) is 0 Å². The lowest BCUT2D eigenvalue weighted by Crippen LogP contribution is -2.22. The van der Waals surface area contributed by atoms with Gasteiger partial charge in [-0.15, -0.1) is 0 Å². The third kappa shape index (κ3) is 4.02. The first-order valence-corrected chi connectivity index (χ1v) is 8.00. The first-order chi connectivity index (χ1) is 10.7. The van der Waals surface area contributed by atoms with Gasteiger partial charge in [-0.05, 0) is 23.8 Å². The van der Waals surface area contributed by atoms with Crippen LogP contribution in [0.3, 0.4) is 0 Å². The second-order valence-corrected chi connectivity index (χ2v) is 6.47. The smallest absolute Gasteiger partial charge is 0.270 e. The van der Waals surface area contributed by atoms with Crippen LogP contribution in [0, 0.1) is 15.9 Å². The minimum atomic E-state index is -4.14. The summed E-state index contributed by atoms with van der Waals surface area (Å²) < 4.78 is 36.3. The van der Waals surface area contributed by atoms with Gasteiger partial charge in [0, 0.05) is 25.7 Å². The lowest BCUT2D eigenvalue weighted by atomic mass is 10.2. The second kappa shape index (κ2) is 6.31. The molecule has 2 N–H and O–H groups in total. The molecule has 122 valence electrons. The molecule has 2 rings (SSSR count). The molecule has 0 aliphatic heterocycles. The summed E-state index contributed by atoms with van der Waals surface area (Å²) in [5.74, 6) is -0.378. The monoisotopic (exact) mass is 339 g/mol. The van der Waals surface area contributed by atoms with E-state index in [0.29, 0.717) is 0 Å². The number of nitro groups is 1. The van der Waals surface area contributed by atoms with Gasteiger partial charge in [-0.25, -0.2) is 17.9 Å². The van der Waals surface area contributed by atoms with Crippen molar-refractivity contribution in [1.82, 2.24) is 0 Å². The van der Waals surface area contributed by atoms with Gasteiger partial charge in [-0.2, -0.15) is 0 Å². The Labute approximate surface area is 132 Å². The molecule has 0 radical (unpaired) electrons. The number of anilines is 1. The van der Waals surface area contributed by atoms with Crippen molar-refractivity contribution in [2.45, 2.75) is 11.4 Å². The highest BCUT2D eigenvalue weighted by atomic mass is 32.2. The minimum Gasteiger partial charge on any atom is -0.369 e. The van der Waals surface area contributed by atoms with Crippen LogP contribution in [0.4, 0.5) is 15.8 Å². The summed E-state index contributed by atoms with van der Waals surface area (Å²) >= 11 is 0. The van der Waals surface area contributed by atoms with Crippen LogP contribution in [0.5, 0.6) is 0 Å². The first-order valence-electron chi connectivity index (χ1n) is 6.45. The van der Waals surface area contributed by atoms with Crippen molar-refractivity contribution in [3.63, 3.8) is 0 Å².